The van der Waals surface area contributed by atoms with Gasteiger partial charge in [-0.1, -0.05) is 18.2 Å². The van der Waals surface area contributed by atoms with Gasteiger partial charge in [0.25, 0.3) is 0 Å². The zero-order valence-electron chi connectivity index (χ0n) is 10.8. The van der Waals surface area contributed by atoms with E-state index in [0.717, 1.165) is 5.39 Å². The van der Waals surface area contributed by atoms with Crippen LogP contribution in [0, 0.1) is 0 Å². The molecule has 0 aliphatic heterocycles. The summed E-state index contributed by atoms with van der Waals surface area (Å²) < 4.78 is 1.49. The van der Waals surface area contributed by atoms with E-state index < -0.39 is 5.97 Å². The van der Waals surface area contributed by atoms with Gasteiger partial charge in [-0.15, -0.1) is 11.3 Å². The molecule has 3 rings (SSSR count). The first kappa shape index (κ1) is 13.3. The van der Waals surface area contributed by atoms with Gasteiger partial charge in [-0.3, -0.25) is 4.79 Å². The minimum Gasteiger partial charge on any atom is -0.477 e. The highest BCUT2D eigenvalue weighted by molar-refractivity contribution is 7.13. The van der Waals surface area contributed by atoms with Crippen molar-refractivity contribution in [2.45, 2.75) is 6.54 Å². The molecule has 0 aliphatic rings. The van der Waals surface area contributed by atoms with Crippen molar-refractivity contribution in [3.8, 4) is 0 Å². The summed E-state index contributed by atoms with van der Waals surface area (Å²) in [5.74, 6) is -1.37. The van der Waals surface area contributed by atoms with Crippen molar-refractivity contribution in [3.05, 3.63) is 47.6 Å². The number of carbonyl (C=O) groups excluding carboxylic acids is 1. The molecule has 0 unspecified atom stereocenters. The summed E-state index contributed by atoms with van der Waals surface area (Å²) in [5.41, 5.74) is 0.801. The number of para-hydroxylation sites is 1. The maximum Gasteiger partial charge on any atom is 0.352 e. The van der Waals surface area contributed by atoms with Crippen LogP contribution < -0.4 is 5.32 Å². The van der Waals surface area contributed by atoms with Gasteiger partial charge in [0, 0.05) is 22.5 Å². The lowest BCUT2D eigenvalue weighted by Crippen LogP contribution is -2.21. The number of rotatable bonds is 4. The number of carbonyl (C=O) groups is 2. The van der Waals surface area contributed by atoms with Crippen LogP contribution in [0.4, 0.5) is 5.13 Å². The van der Waals surface area contributed by atoms with Crippen molar-refractivity contribution in [2.24, 2.45) is 0 Å². The fourth-order valence-electron chi connectivity index (χ4n) is 2.15. The van der Waals surface area contributed by atoms with Crippen LogP contribution in [-0.4, -0.2) is 26.5 Å². The van der Waals surface area contributed by atoms with Crippen LogP contribution in [0.3, 0.4) is 0 Å². The van der Waals surface area contributed by atoms with Gasteiger partial charge < -0.3 is 15.0 Å². The molecule has 2 heterocycles. The number of aromatic nitrogens is 2. The average molecular weight is 301 g/mol. The third kappa shape index (κ3) is 2.63. The lowest BCUT2D eigenvalue weighted by atomic mass is 10.2. The normalized spacial score (nSPS) is 10.7. The predicted molar refractivity (Wildman–Crippen MR) is 79.6 cm³/mol. The minimum atomic E-state index is -1.06. The Morgan fingerprint density at radius 2 is 2.14 bits per heavy atom. The Balaban J connectivity index is 1.93. The van der Waals surface area contributed by atoms with Crippen molar-refractivity contribution < 1.29 is 14.7 Å². The third-order valence-corrected chi connectivity index (χ3v) is 3.70. The number of fused-ring (bicyclic) bond motifs is 1. The van der Waals surface area contributed by atoms with Crippen LogP contribution in [0.15, 0.2) is 41.9 Å². The number of aromatic carboxylic acids is 1. The zero-order valence-corrected chi connectivity index (χ0v) is 11.6. The summed E-state index contributed by atoms with van der Waals surface area (Å²) >= 11 is 1.31. The first-order valence-corrected chi connectivity index (χ1v) is 7.04. The summed E-state index contributed by atoms with van der Waals surface area (Å²) in [7, 11) is 0. The summed E-state index contributed by atoms with van der Waals surface area (Å²) in [6.45, 7) is -0.0747. The highest BCUT2D eigenvalue weighted by Gasteiger charge is 2.16. The fourth-order valence-corrected chi connectivity index (χ4v) is 2.69. The van der Waals surface area contributed by atoms with Crippen LogP contribution in [0.2, 0.25) is 0 Å². The number of carboxylic acid groups (broad SMARTS) is 1. The Morgan fingerprint density at radius 1 is 1.33 bits per heavy atom. The molecular weight excluding hydrogens is 290 g/mol. The first-order chi connectivity index (χ1) is 10.1. The van der Waals surface area contributed by atoms with Crippen LogP contribution in [0.25, 0.3) is 10.9 Å². The number of benzene rings is 1. The molecule has 0 bridgehead atoms. The molecule has 0 aliphatic carbocycles. The second-order valence-electron chi connectivity index (χ2n) is 4.37. The molecule has 6 nitrogen and oxygen atoms in total. The van der Waals surface area contributed by atoms with Crippen LogP contribution in [0.1, 0.15) is 10.5 Å². The third-order valence-electron chi connectivity index (χ3n) is 3.01. The van der Waals surface area contributed by atoms with Gasteiger partial charge in [0.05, 0.1) is 0 Å². The number of amides is 1. The number of nitrogens with one attached hydrogen (secondary N) is 1. The molecule has 7 heteroatoms. The molecule has 3 aromatic rings. The Bertz CT molecular complexity index is 808. The van der Waals surface area contributed by atoms with Gasteiger partial charge >= 0.3 is 5.97 Å². The van der Waals surface area contributed by atoms with Gasteiger partial charge in [0.2, 0.25) is 5.91 Å². The molecule has 1 amide bonds. The van der Waals surface area contributed by atoms with E-state index in [9.17, 15) is 14.7 Å². The van der Waals surface area contributed by atoms with Crippen molar-refractivity contribution >= 4 is 39.2 Å². The number of anilines is 1. The van der Waals surface area contributed by atoms with Crippen molar-refractivity contribution in [1.29, 1.82) is 0 Å². The second-order valence-corrected chi connectivity index (χ2v) is 5.26. The average Bonchev–Trinajstić information content (AvgIpc) is 3.07. The summed E-state index contributed by atoms with van der Waals surface area (Å²) in [4.78, 5) is 27.3. The van der Waals surface area contributed by atoms with E-state index in [1.54, 1.807) is 23.7 Å². The molecule has 0 saturated carbocycles. The Kier molecular flexibility index (Phi) is 3.41. The molecular formula is C14H11N3O3S. The molecule has 0 spiro atoms. The maximum atomic E-state index is 12.0. The SMILES string of the molecule is O=C(Cn1c(C(=O)O)cc2ccccc21)Nc1nccs1. The van der Waals surface area contributed by atoms with Crippen LogP contribution in [-0.2, 0) is 11.3 Å². The lowest BCUT2D eigenvalue weighted by Gasteiger charge is -2.07. The van der Waals surface area contributed by atoms with E-state index in [2.05, 4.69) is 10.3 Å². The van der Waals surface area contributed by atoms with E-state index in [0.29, 0.717) is 10.6 Å². The predicted octanol–water partition coefficient (Wildman–Crippen LogP) is 2.43. The Labute approximate surface area is 123 Å². The molecule has 2 aromatic heterocycles. The number of carboxylic acids is 1. The molecule has 0 fully saturated rings. The molecule has 0 atom stereocenters. The maximum absolute atomic E-state index is 12.0. The van der Waals surface area contributed by atoms with E-state index in [4.69, 9.17) is 0 Å². The van der Waals surface area contributed by atoms with Gasteiger partial charge in [-0.25, -0.2) is 9.78 Å². The smallest absolute Gasteiger partial charge is 0.352 e. The van der Waals surface area contributed by atoms with Gasteiger partial charge in [-0.2, -0.15) is 0 Å². The highest BCUT2D eigenvalue weighted by Crippen LogP contribution is 2.20. The fraction of sp³-hybridized carbons (Fsp3) is 0.0714. The zero-order chi connectivity index (χ0) is 14.8. The van der Waals surface area contributed by atoms with Gasteiger partial charge in [0.15, 0.2) is 5.13 Å². The lowest BCUT2D eigenvalue weighted by molar-refractivity contribution is -0.116. The van der Waals surface area contributed by atoms with E-state index in [-0.39, 0.29) is 18.1 Å². The monoisotopic (exact) mass is 301 g/mol. The largest absolute Gasteiger partial charge is 0.477 e. The van der Waals surface area contributed by atoms with Gasteiger partial charge in [-0.05, 0) is 12.1 Å². The molecule has 0 radical (unpaired) electrons. The second kappa shape index (κ2) is 5.37. The van der Waals surface area contributed by atoms with Crippen LogP contribution in [0.5, 0.6) is 0 Å². The van der Waals surface area contributed by atoms with E-state index in [1.165, 1.54) is 15.9 Å². The molecule has 106 valence electrons. The van der Waals surface area contributed by atoms with E-state index in [1.807, 2.05) is 18.2 Å². The van der Waals surface area contributed by atoms with Crippen molar-refractivity contribution in [2.75, 3.05) is 5.32 Å². The minimum absolute atomic E-state index is 0.0747. The van der Waals surface area contributed by atoms with Crippen LogP contribution >= 0.6 is 11.3 Å². The number of thiazole rings is 1. The molecule has 0 saturated heterocycles. The summed E-state index contributed by atoms with van der Waals surface area (Å²) in [6.07, 6.45) is 1.59. The topological polar surface area (TPSA) is 84.2 Å². The standard InChI is InChI=1S/C14H11N3O3S/c18-12(16-14-15-5-6-21-14)8-17-10-4-2-1-3-9(10)7-11(17)13(19)20/h1-7H,8H2,(H,19,20)(H,15,16,18). The molecule has 21 heavy (non-hydrogen) atoms. The number of nitrogens with zero attached hydrogens (tertiary/aromatic N) is 2. The quantitative estimate of drug-likeness (QED) is 0.775. The van der Waals surface area contributed by atoms with E-state index >= 15 is 0 Å². The van der Waals surface area contributed by atoms with Crippen molar-refractivity contribution in [1.82, 2.24) is 9.55 Å². The Morgan fingerprint density at radius 3 is 2.86 bits per heavy atom. The number of hydrogen-bond donors (Lipinski definition) is 2. The first-order valence-electron chi connectivity index (χ1n) is 6.16. The highest BCUT2D eigenvalue weighted by atomic mass is 32.1. The summed E-state index contributed by atoms with van der Waals surface area (Å²) in [6, 6.07) is 8.81. The van der Waals surface area contributed by atoms with Crippen molar-refractivity contribution in [3.63, 3.8) is 0 Å². The molecule has 1 aromatic carbocycles. The molecule has 2 N–H and O–H groups in total. The summed E-state index contributed by atoms with van der Waals surface area (Å²) in [5, 5.41) is 15.0. The number of hydrogen-bond acceptors (Lipinski definition) is 4. The Hall–Kier alpha value is -2.67. The van der Waals surface area contributed by atoms with Gasteiger partial charge in [0.1, 0.15) is 12.2 Å².